The van der Waals surface area contributed by atoms with E-state index in [0.717, 1.165) is 31.7 Å². The Morgan fingerprint density at radius 1 is 1.35 bits per heavy atom. The number of nitrogens with zero attached hydrogens (tertiary/aromatic N) is 1. The van der Waals surface area contributed by atoms with Crippen LogP contribution in [0, 0.1) is 5.92 Å². The molecule has 124 valence electrons. The smallest absolute Gasteiger partial charge is 0.244 e. The first-order valence-electron chi connectivity index (χ1n) is 8.47. The van der Waals surface area contributed by atoms with E-state index in [-0.39, 0.29) is 11.8 Å². The van der Waals surface area contributed by atoms with Gasteiger partial charge in [-0.2, -0.15) is 0 Å². The number of carbonyl (C=O) groups excluding carboxylic acids is 2. The van der Waals surface area contributed by atoms with Gasteiger partial charge in [-0.3, -0.25) is 9.59 Å². The van der Waals surface area contributed by atoms with Gasteiger partial charge in [0.1, 0.15) is 11.5 Å². The lowest BCUT2D eigenvalue weighted by Crippen LogP contribution is -2.32. The van der Waals surface area contributed by atoms with E-state index >= 15 is 0 Å². The van der Waals surface area contributed by atoms with E-state index in [9.17, 15) is 9.59 Å². The van der Waals surface area contributed by atoms with E-state index in [1.807, 2.05) is 17.0 Å². The maximum atomic E-state index is 11.8. The second-order valence-electron chi connectivity index (χ2n) is 6.52. The Balaban J connectivity index is 1.38. The van der Waals surface area contributed by atoms with Crippen LogP contribution in [0.3, 0.4) is 0 Å². The molecule has 0 spiro atoms. The van der Waals surface area contributed by atoms with Crippen molar-refractivity contribution in [2.24, 2.45) is 5.92 Å². The number of nitrogens with one attached hydrogen (secondary N) is 1. The zero-order valence-electron chi connectivity index (χ0n) is 13.6. The second kappa shape index (κ2) is 7.02. The van der Waals surface area contributed by atoms with Crippen LogP contribution in [0.25, 0.3) is 6.08 Å². The molecule has 1 saturated carbocycles. The monoisotopic (exact) mass is 316 g/mol. The van der Waals surface area contributed by atoms with Crippen molar-refractivity contribution < 1.29 is 14.0 Å². The highest BCUT2D eigenvalue weighted by Crippen LogP contribution is 2.47. The number of likely N-dealkylation sites (tertiary alicyclic amines) is 1. The standard InChI is InChI=1S/C18H24N2O3/c1-13-12-15(13)16-6-4-14(23-16)5-7-17(21)19-9-8-18(22)20-10-2-3-11-20/h4-7,13,15H,2-3,8-12H2,1H3,(H,19,21)/b7-5+. The van der Waals surface area contributed by atoms with Gasteiger partial charge in [0.2, 0.25) is 11.8 Å². The first-order chi connectivity index (χ1) is 11.1. The fourth-order valence-electron chi connectivity index (χ4n) is 3.01. The van der Waals surface area contributed by atoms with E-state index in [1.54, 1.807) is 6.08 Å². The Bertz CT molecular complexity index is 599. The Labute approximate surface area is 136 Å². The maximum Gasteiger partial charge on any atom is 0.244 e. The normalized spacial score (nSPS) is 23.4. The molecule has 5 nitrogen and oxygen atoms in total. The first kappa shape index (κ1) is 15.8. The fourth-order valence-corrected chi connectivity index (χ4v) is 3.01. The molecule has 0 bridgehead atoms. The largest absolute Gasteiger partial charge is 0.461 e. The highest BCUT2D eigenvalue weighted by Gasteiger charge is 2.36. The molecule has 1 aromatic heterocycles. The average molecular weight is 316 g/mol. The van der Waals surface area contributed by atoms with Gasteiger partial charge in [0.15, 0.2) is 0 Å². The molecule has 2 fully saturated rings. The van der Waals surface area contributed by atoms with Crippen molar-refractivity contribution >= 4 is 17.9 Å². The Kier molecular flexibility index (Phi) is 4.84. The van der Waals surface area contributed by atoms with Gasteiger partial charge in [0.25, 0.3) is 0 Å². The number of hydrogen-bond donors (Lipinski definition) is 1. The van der Waals surface area contributed by atoms with Crippen LogP contribution in [0.1, 0.15) is 50.0 Å². The molecule has 1 aliphatic heterocycles. The molecule has 2 atom stereocenters. The van der Waals surface area contributed by atoms with Gasteiger partial charge in [-0.25, -0.2) is 0 Å². The highest BCUT2D eigenvalue weighted by atomic mass is 16.3. The third-order valence-corrected chi connectivity index (χ3v) is 4.62. The van der Waals surface area contributed by atoms with E-state index in [4.69, 9.17) is 4.42 Å². The van der Waals surface area contributed by atoms with Crippen LogP contribution in [-0.4, -0.2) is 36.3 Å². The number of carbonyl (C=O) groups is 2. The van der Waals surface area contributed by atoms with Crippen molar-refractivity contribution in [3.63, 3.8) is 0 Å². The van der Waals surface area contributed by atoms with Crippen molar-refractivity contribution in [3.8, 4) is 0 Å². The summed E-state index contributed by atoms with van der Waals surface area (Å²) in [6.07, 6.45) is 6.86. The molecule has 23 heavy (non-hydrogen) atoms. The summed E-state index contributed by atoms with van der Waals surface area (Å²) in [5.74, 6) is 2.88. The van der Waals surface area contributed by atoms with Gasteiger partial charge in [-0.05, 0) is 43.4 Å². The maximum absolute atomic E-state index is 11.8. The third kappa shape index (κ3) is 4.24. The minimum atomic E-state index is -0.197. The molecule has 1 N–H and O–H groups in total. The molecule has 3 rings (SSSR count). The van der Waals surface area contributed by atoms with Crippen LogP contribution in [0.5, 0.6) is 0 Å². The van der Waals surface area contributed by atoms with E-state index < -0.39 is 0 Å². The van der Waals surface area contributed by atoms with Gasteiger partial charge < -0.3 is 14.6 Å². The molecule has 2 heterocycles. The Hall–Kier alpha value is -2.04. The molecule has 2 unspecified atom stereocenters. The molecule has 1 aliphatic carbocycles. The zero-order chi connectivity index (χ0) is 16.2. The summed E-state index contributed by atoms with van der Waals surface area (Å²) in [7, 11) is 0. The van der Waals surface area contributed by atoms with Gasteiger partial charge >= 0.3 is 0 Å². The van der Waals surface area contributed by atoms with Crippen LogP contribution in [0.4, 0.5) is 0 Å². The van der Waals surface area contributed by atoms with Crippen LogP contribution >= 0.6 is 0 Å². The van der Waals surface area contributed by atoms with Gasteiger partial charge in [0, 0.05) is 38.0 Å². The van der Waals surface area contributed by atoms with Gasteiger partial charge in [-0.1, -0.05) is 6.92 Å². The topological polar surface area (TPSA) is 62.6 Å². The minimum Gasteiger partial charge on any atom is -0.461 e. The van der Waals surface area contributed by atoms with E-state index in [0.29, 0.717) is 30.6 Å². The Morgan fingerprint density at radius 3 is 2.78 bits per heavy atom. The lowest BCUT2D eigenvalue weighted by Gasteiger charge is -2.14. The lowest BCUT2D eigenvalue weighted by atomic mass is 10.3. The molecular formula is C18H24N2O3. The van der Waals surface area contributed by atoms with Gasteiger partial charge in [-0.15, -0.1) is 0 Å². The molecule has 1 aromatic rings. The van der Waals surface area contributed by atoms with Crippen molar-refractivity contribution in [1.82, 2.24) is 10.2 Å². The second-order valence-corrected chi connectivity index (χ2v) is 6.52. The molecular weight excluding hydrogens is 292 g/mol. The molecule has 5 heteroatoms. The predicted octanol–water partition coefficient (Wildman–Crippen LogP) is 2.54. The number of amides is 2. The first-order valence-corrected chi connectivity index (χ1v) is 8.47. The summed E-state index contributed by atoms with van der Waals surface area (Å²) in [4.78, 5) is 25.5. The molecule has 0 aromatic carbocycles. The molecule has 1 saturated heterocycles. The van der Waals surface area contributed by atoms with Crippen molar-refractivity contribution in [2.45, 2.75) is 38.5 Å². The van der Waals surface area contributed by atoms with Crippen molar-refractivity contribution in [1.29, 1.82) is 0 Å². The van der Waals surface area contributed by atoms with E-state index in [2.05, 4.69) is 12.2 Å². The molecule has 2 aliphatic rings. The molecule has 0 radical (unpaired) electrons. The third-order valence-electron chi connectivity index (χ3n) is 4.62. The average Bonchev–Trinajstić information content (AvgIpc) is 3.01. The summed E-state index contributed by atoms with van der Waals surface area (Å²) in [5, 5.41) is 2.74. The predicted molar refractivity (Wildman–Crippen MR) is 87.7 cm³/mol. The summed E-state index contributed by atoms with van der Waals surface area (Å²) >= 11 is 0. The fraction of sp³-hybridized carbons (Fsp3) is 0.556. The summed E-state index contributed by atoms with van der Waals surface area (Å²) in [5.41, 5.74) is 0. The van der Waals surface area contributed by atoms with Crippen molar-refractivity contribution in [2.75, 3.05) is 19.6 Å². The number of furan rings is 1. The SMILES string of the molecule is CC1CC1c1ccc(/C=C/C(=O)NCCC(=O)N2CCCC2)o1. The summed E-state index contributed by atoms with van der Waals surface area (Å²) < 4.78 is 5.71. The summed E-state index contributed by atoms with van der Waals surface area (Å²) in [6.45, 7) is 4.29. The Morgan fingerprint density at radius 2 is 2.09 bits per heavy atom. The highest BCUT2D eigenvalue weighted by molar-refractivity contribution is 5.91. The van der Waals surface area contributed by atoms with Crippen LogP contribution in [0.2, 0.25) is 0 Å². The van der Waals surface area contributed by atoms with E-state index in [1.165, 1.54) is 12.5 Å². The quantitative estimate of drug-likeness (QED) is 0.820. The number of hydrogen-bond acceptors (Lipinski definition) is 3. The van der Waals surface area contributed by atoms with Crippen LogP contribution < -0.4 is 5.32 Å². The zero-order valence-corrected chi connectivity index (χ0v) is 13.6. The number of rotatable bonds is 6. The van der Waals surface area contributed by atoms with Gasteiger partial charge in [0.05, 0.1) is 0 Å². The molecule has 2 amide bonds. The van der Waals surface area contributed by atoms with Crippen LogP contribution in [-0.2, 0) is 9.59 Å². The minimum absolute atomic E-state index is 0.126. The lowest BCUT2D eigenvalue weighted by molar-refractivity contribution is -0.130. The van der Waals surface area contributed by atoms with Crippen LogP contribution in [0.15, 0.2) is 22.6 Å². The van der Waals surface area contributed by atoms with Crippen molar-refractivity contribution in [3.05, 3.63) is 29.7 Å². The summed E-state index contributed by atoms with van der Waals surface area (Å²) in [6, 6.07) is 3.88.